The van der Waals surface area contributed by atoms with E-state index in [0.29, 0.717) is 0 Å². The van der Waals surface area contributed by atoms with Crippen LogP contribution in [0.4, 0.5) is 5.69 Å². The summed E-state index contributed by atoms with van der Waals surface area (Å²) in [6, 6.07) is 13.7. The first kappa shape index (κ1) is 12.8. The van der Waals surface area contributed by atoms with E-state index >= 15 is 0 Å². The number of anilines is 1. The van der Waals surface area contributed by atoms with Gasteiger partial charge in [0.15, 0.2) is 0 Å². The molecule has 19 heavy (non-hydrogen) atoms. The molecule has 3 aromatic rings. The van der Waals surface area contributed by atoms with Crippen molar-refractivity contribution >= 4 is 50.6 Å². The van der Waals surface area contributed by atoms with E-state index in [0.717, 1.165) is 31.9 Å². The molecule has 0 radical (unpaired) electrons. The molecule has 0 unspecified atom stereocenters. The Morgan fingerprint density at radius 1 is 1.21 bits per heavy atom. The van der Waals surface area contributed by atoms with Gasteiger partial charge in [-0.05, 0) is 30.3 Å². The van der Waals surface area contributed by atoms with Crippen LogP contribution < -0.4 is 5.73 Å². The Balaban J connectivity index is 1.80. The lowest BCUT2D eigenvalue weighted by Crippen LogP contribution is -1.86. The zero-order valence-corrected chi connectivity index (χ0v) is 12.4. The molecule has 0 spiro atoms. The van der Waals surface area contributed by atoms with Crippen molar-refractivity contribution in [2.45, 2.75) is 10.6 Å². The van der Waals surface area contributed by atoms with Crippen LogP contribution in [0.15, 0.2) is 47.4 Å². The Morgan fingerprint density at radius 3 is 2.89 bits per heavy atom. The molecule has 2 nitrogen and oxygen atoms in total. The second kappa shape index (κ2) is 5.41. The van der Waals surface area contributed by atoms with Gasteiger partial charge in [-0.25, -0.2) is 4.98 Å². The molecule has 0 saturated carbocycles. The number of para-hydroxylation sites is 1. The van der Waals surface area contributed by atoms with Crippen molar-refractivity contribution in [3.05, 3.63) is 52.5 Å². The second-order valence-electron chi connectivity index (χ2n) is 4.05. The minimum Gasteiger partial charge on any atom is -0.399 e. The molecule has 0 fully saturated rings. The summed E-state index contributed by atoms with van der Waals surface area (Å²) in [7, 11) is 0. The summed E-state index contributed by atoms with van der Waals surface area (Å²) in [6.07, 6.45) is 0. The maximum Gasteiger partial charge on any atom is 0.104 e. The van der Waals surface area contributed by atoms with E-state index < -0.39 is 0 Å². The van der Waals surface area contributed by atoms with Gasteiger partial charge in [0.2, 0.25) is 0 Å². The number of thioether (sulfide) groups is 1. The Labute approximate surface area is 124 Å². The number of benzene rings is 2. The lowest BCUT2D eigenvalue weighted by Gasteiger charge is -2.03. The van der Waals surface area contributed by atoms with Crippen LogP contribution in [0.1, 0.15) is 5.01 Å². The topological polar surface area (TPSA) is 38.9 Å². The summed E-state index contributed by atoms with van der Waals surface area (Å²) in [5.74, 6) is 0.808. The number of thiazole rings is 1. The summed E-state index contributed by atoms with van der Waals surface area (Å²) < 4.78 is 1.22. The van der Waals surface area contributed by atoms with Gasteiger partial charge in [-0.2, -0.15) is 0 Å². The summed E-state index contributed by atoms with van der Waals surface area (Å²) >= 11 is 9.53. The van der Waals surface area contributed by atoms with Crippen molar-refractivity contribution in [2.75, 3.05) is 5.73 Å². The van der Waals surface area contributed by atoms with Crippen LogP contribution in [0.2, 0.25) is 5.02 Å². The van der Waals surface area contributed by atoms with Crippen molar-refractivity contribution in [3.63, 3.8) is 0 Å². The molecular weight excluding hydrogens is 296 g/mol. The van der Waals surface area contributed by atoms with Gasteiger partial charge in [-0.3, -0.25) is 0 Å². The van der Waals surface area contributed by atoms with Crippen molar-refractivity contribution in [1.29, 1.82) is 0 Å². The summed E-state index contributed by atoms with van der Waals surface area (Å²) in [5.41, 5.74) is 7.56. The number of hydrogen-bond donors (Lipinski definition) is 1. The first-order valence-electron chi connectivity index (χ1n) is 5.74. The molecule has 0 atom stereocenters. The molecule has 2 N–H and O–H groups in total. The fourth-order valence-corrected chi connectivity index (χ4v) is 3.98. The zero-order valence-electron chi connectivity index (χ0n) is 9.97. The van der Waals surface area contributed by atoms with Gasteiger partial charge in [0.25, 0.3) is 0 Å². The molecule has 0 amide bonds. The average molecular weight is 307 g/mol. The van der Waals surface area contributed by atoms with Gasteiger partial charge in [-0.15, -0.1) is 23.1 Å². The molecule has 0 aliphatic carbocycles. The normalized spacial score (nSPS) is 11.0. The van der Waals surface area contributed by atoms with E-state index in [1.807, 2.05) is 36.4 Å². The first-order valence-corrected chi connectivity index (χ1v) is 7.92. The molecule has 0 aliphatic heterocycles. The second-order valence-corrected chi connectivity index (χ2v) is 6.59. The third-order valence-corrected chi connectivity index (χ3v) is 5.37. The number of hydrogen-bond acceptors (Lipinski definition) is 4. The third-order valence-electron chi connectivity index (χ3n) is 2.64. The largest absolute Gasteiger partial charge is 0.399 e. The Kier molecular flexibility index (Phi) is 3.64. The van der Waals surface area contributed by atoms with Crippen LogP contribution in [0.3, 0.4) is 0 Å². The van der Waals surface area contributed by atoms with Crippen LogP contribution in [0.5, 0.6) is 0 Å². The summed E-state index contributed by atoms with van der Waals surface area (Å²) in [4.78, 5) is 5.60. The minimum atomic E-state index is 0.733. The fraction of sp³-hybridized carbons (Fsp3) is 0.0714. The van der Waals surface area contributed by atoms with Crippen molar-refractivity contribution in [1.82, 2.24) is 4.98 Å². The molecule has 0 bridgehead atoms. The third kappa shape index (κ3) is 2.86. The van der Waals surface area contributed by atoms with Crippen LogP contribution in [0, 0.1) is 0 Å². The first-order chi connectivity index (χ1) is 9.22. The van der Waals surface area contributed by atoms with E-state index in [2.05, 4.69) is 11.1 Å². The molecule has 1 aromatic heterocycles. The lowest BCUT2D eigenvalue weighted by molar-refractivity contribution is 1.30. The van der Waals surface area contributed by atoms with Gasteiger partial charge in [0.1, 0.15) is 5.01 Å². The van der Waals surface area contributed by atoms with E-state index in [1.54, 1.807) is 23.1 Å². The van der Waals surface area contributed by atoms with E-state index in [9.17, 15) is 0 Å². The highest BCUT2D eigenvalue weighted by Gasteiger charge is 2.06. The van der Waals surface area contributed by atoms with Crippen LogP contribution in [0.25, 0.3) is 10.2 Å². The summed E-state index contributed by atoms with van der Waals surface area (Å²) in [6.45, 7) is 0. The highest BCUT2D eigenvalue weighted by Crippen LogP contribution is 2.33. The highest BCUT2D eigenvalue weighted by atomic mass is 35.5. The van der Waals surface area contributed by atoms with Gasteiger partial charge >= 0.3 is 0 Å². The van der Waals surface area contributed by atoms with Gasteiger partial charge < -0.3 is 5.73 Å². The maximum absolute atomic E-state index is 6.15. The smallest absolute Gasteiger partial charge is 0.104 e. The van der Waals surface area contributed by atoms with Crippen molar-refractivity contribution in [3.8, 4) is 0 Å². The molecular formula is C14H11ClN2S2. The van der Waals surface area contributed by atoms with Crippen LogP contribution in [-0.2, 0) is 5.75 Å². The zero-order chi connectivity index (χ0) is 13.2. The monoisotopic (exact) mass is 306 g/mol. The number of rotatable bonds is 3. The average Bonchev–Trinajstić information content (AvgIpc) is 2.82. The number of fused-ring (bicyclic) bond motifs is 1. The quantitative estimate of drug-likeness (QED) is 0.557. The number of aromatic nitrogens is 1. The SMILES string of the molecule is Nc1ccc(Cl)c(SCc2nc3ccccc3s2)c1. The minimum absolute atomic E-state index is 0.733. The van der Waals surface area contributed by atoms with E-state index in [1.165, 1.54) is 4.70 Å². The number of nitrogen functional groups attached to an aromatic ring is 1. The van der Waals surface area contributed by atoms with Crippen LogP contribution in [-0.4, -0.2) is 4.98 Å². The van der Waals surface area contributed by atoms with Crippen molar-refractivity contribution in [2.24, 2.45) is 0 Å². The van der Waals surface area contributed by atoms with E-state index in [4.69, 9.17) is 17.3 Å². The standard InChI is InChI=1S/C14H11ClN2S2/c15-10-6-5-9(16)7-13(10)18-8-14-17-11-3-1-2-4-12(11)19-14/h1-7H,8,16H2. The molecule has 2 aromatic carbocycles. The fourth-order valence-electron chi connectivity index (χ4n) is 1.75. The molecule has 3 rings (SSSR count). The predicted molar refractivity (Wildman–Crippen MR) is 85.0 cm³/mol. The van der Waals surface area contributed by atoms with Crippen molar-refractivity contribution < 1.29 is 0 Å². The molecule has 5 heteroatoms. The predicted octanol–water partition coefficient (Wildman–Crippen LogP) is 4.82. The molecule has 0 saturated heterocycles. The van der Waals surface area contributed by atoms with Gasteiger partial charge in [0, 0.05) is 10.6 Å². The highest BCUT2D eigenvalue weighted by molar-refractivity contribution is 7.98. The molecule has 0 aliphatic rings. The van der Waals surface area contributed by atoms with Crippen LogP contribution >= 0.6 is 34.7 Å². The molecule has 96 valence electrons. The molecule has 1 heterocycles. The van der Waals surface area contributed by atoms with Gasteiger partial charge in [0.05, 0.1) is 21.0 Å². The maximum atomic E-state index is 6.15. The Hall–Kier alpha value is -1.23. The summed E-state index contributed by atoms with van der Waals surface area (Å²) in [5, 5.41) is 1.84. The van der Waals surface area contributed by atoms with Gasteiger partial charge in [-0.1, -0.05) is 23.7 Å². The lowest BCUT2D eigenvalue weighted by atomic mass is 10.3. The van der Waals surface area contributed by atoms with E-state index in [-0.39, 0.29) is 0 Å². The number of nitrogens with zero attached hydrogens (tertiary/aromatic N) is 1. The Morgan fingerprint density at radius 2 is 2.05 bits per heavy atom. The Bertz CT molecular complexity index is 691. The number of nitrogens with two attached hydrogens (primary N) is 1. The number of halogens is 1.